The molecule has 0 radical (unpaired) electrons. The van der Waals surface area contributed by atoms with Gasteiger partial charge in [0.2, 0.25) is 0 Å². The molecule has 0 N–H and O–H groups in total. The summed E-state index contributed by atoms with van der Waals surface area (Å²) in [5.74, 6) is 0. The molecule has 0 bridgehead atoms. The van der Waals surface area contributed by atoms with Gasteiger partial charge in [0.1, 0.15) is 0 Å². The van der Waals surface area contributed by atoms with Crippen molar-refractivity contribution >= 4 is 188 Å². The Morgan fingerprint density at radius 2 is 0.328 bits per heavy atom. The number of pyridine rings is 8. The van der Waals surface area contributed by atoms with Crippen molar-refractivity contribution in [3.63, 3.8) is 0 Å². The van der Waals surface area contributed by atoms with Crippen molar-refractivity contribution in [2.45, 2.75) is 107 Å². The van der Waals surface area contributed by atoms with Gasteiger partial charge in [-0.05, 0) is 157 Å². The highest BCUT2D eigenvalue weighted by molar-refractivity contribution is 6.34. The average molecular weight is 1500 g/mol. The molecular formula is C104H86N12. The number of rotatable bonds is 20. The van der Waals surface area contributed by atoms with Gasteiger partial charge < -0.3 is 19.6 Å². The van der Waals surface area contributed by atoms with E-state index in [4.69, 9.17) is 39.9 Å². The normalized spacial score (nSPS) is 11.9. The maximum atomic E-state index is 5.52. The second kappa shape index (κ2) is 29.3. The smallest absolute Gasteiger partial charge is 0.0945 e. The van der Waals surface area contributed by atoms with Gasteiger partial charge in [-0.2, -0.15) is 0 Å². The molecule has 12 nitrogen and oxygen atoms in total. The summed E-state index contributed by atoms with van der Waals surface area (Å²) in [5, 5.41) is 14.4. The third-order valence-electron chi connectivity index (χ3n) is 24.3. The second-order valence-corrected chi connectivity index (χ2v) is 30.3. The Balaban J connectivity index is 1.09. The Bertz CT molecular complexity index is 6130. The van der Waals surface area contributed by atoms with E-state index in [0.717, 1.165) is 232 Å². The molecule has 12 aromatic carbocycles. The largest absolute Gasteiger partial charge is 0.305 e. The van der Waals surface area contributed by atoms with Crippen molar-refractivity contribution in [1.29, 1.82) is 0 Å². The molecule has 0 aliphatic heterocycles. The molecule has 0 spiro atoms. The van der Waals surface area contributed by atoms with Gasteiger partial charge in [-0.25, -0.2) is 0 Å². The zero-order chi connectivity index (χ0) is 78.4. The lowest BCUT2D eigenvalue weighted by Gasteiger charge is -2.37. The molecule has 20 aromatic rings. The number of fused-ring (bicyclic) bond motifs is 8. The highest BCUT2D eigenvalue weighted by Gasteiger charge is 2.37. The van der Waals surface area contributed by atoms with E-state index < -0.39 is 0 Å². The minimum absolute atomic E-state index is 0.710. The molecule has 0 amide bonds. The first-order chi connectivity index (χ1) is 57.3. The quantitative estimate of drug-likeness (QED) is 0.0677. The summed E-state index contributed by atoms with van der Waals surface area (Å²) in [7, 11) is 0. The van der Waals surface area contributed by atoms with Crippen LogP contribution in [0.4, 0.5) is 68.2 Å². The zero-order valence-corrected chi connectivity index (χ0v) is 66.6. The maximum absolute atomic E-state index is 5.52. The van der Waals surface area contributed by atoms with Gasteiger partial charge in [0.25, 0.3) is 0 Å². The van der Waals surface area contributed by atoms with Crippen molar-refractivity contribution < 1.29 is 0 Å². The second-order valence-electron chi connectivity index (χ2n) is 30.3. The van der Waals surface area contributed by atoms with Crippen LogP contribution in [0.5, 0.6) is 0 Å². The third kappa shape index (κ3) is 11.2. The lowest BCUT2D eigenvalue weighted by atomic mass is 9.87. The standard InChI is InChI=1S/C104H86N12/c1-9-63-33-41-71-25-17-53-105-89(71)97(63)113(98-64(10-2)34-42-72-26-18-54-106-90(72)98)83-61-84(114(99-65(11-3)35-43-73-27-19-55-107-91(73)99)100-66(12-4)36-44-74-28-20-56-108-92(74)100)80-51-52-82-86(116(103-69(15-7)39-47-77-31-23-59-111-95(77)103)104-70(16-8)40-48-78-32-24-60-112-96(78)104)62-85(81-50-49-79(83)87(80)88(81)82)115(101-67(13-5)37-45-75-29-21-57-109-93(75)101)102-68(14-6)38-46-76-30-22-58-110-94(76)102/h17-62H,9-16H2,1-8H3. The van der Waals surface area contributed by atoms with Gasteiger partial charge in [0.15, 0.2) is 0 Å². The maximum Gasteiger partial charge on any atom is 0.0945 e. The summed E-state index contributed by atoms with van der Waals surface area (Å²) < 4.78 is 0. The van der Waals surface area contributed by atoms with E-state index in [1.807, 2.05) is 49.6 Å². The number of benzene rings is 12. The number of aryl methyl sites for hydroxylation is 8. The van der Waals surface area contributed by atoms with Gasteiger partial charge in [-0.3, -0.25) is 39.9 Å². The molecule has 12 heteroatoms. The number of hydrogen-bond donors (Lipinski definition) is 0. The van der Waals surface area contributed by atoms with Crippen molar-refractivity contribution in [1.82, 2.24) is 39.9 Å². The fraction of sp³-hybridized carbons (Fsp3) is 0.154. The molecule has 0 aliphatic rings. The lowest BCUT2D eigenvalue weighted by molar-refractivity contribution is 1.09. The summed E-state index contributed by atoms with van der Waals surface area (Å²) in [6.45, 7) is 18.2. The first-order valence-electron chi connectivity index (χ1n) is 41.2. The molecule has 20 rings (SSSR count). The van der Waals surface area contributed by atoms with Crippen LogP contribution >= 0.6 is 0 Å². The number of nitrogens with zero attached hydrogens (tertiary/aromatic N) is 12. The highest BCUT2D eigenvalue weighted by atomic mass is 15.2. The first-order valence-corrected chi connectivity index (χ1v) is 41.2. The summed E-state index contributed by atoms with van der Waals surface area (Å²) in [5.41, 5.74) is 27.9. The van der Waals surface area contributed by atoms with Gasteiger partial charge >= 0.3 is 0 Å². The van der Waals surface area contributed by atoms with E-state index in [2.05, 4.69) is 306 Å². The topological polar surface area (TPSA) is 116 Å². The minimum atomic E-state index is 0.710. The van der Waals surface area contributed by atoms with Crippen LogP contribution in [0.2, 0.25) is 0 Å². The highest BCUT2D eigenvalue weighted by Crippen LogP contribution is 2.60. The number of aromatic nitrogens is 8. The van der Waals surface area contributed by atoms with E-state index in [-0.39, 0.29) is 0 Å². The Kier molecular flexibility index (Phi) is 18.0. The average Bonchev–Trinajstić information content (AvgIpc) is 0.689. The fourth-order valence-corrected chi connectivity index (χ4v) is 18.7. The molecule has 0 fully saturated rings. The van der Waals surface area contributed by atoms with E-state index in [0.29, 0.717) is 51.4 Å². The van der Waals surface area contributed by atoms with Crippen LogP contribution in [-0.2, 0) is 51.4 Å². The Morgan fingerprint density at radius 1 is 0.181 bits per heavy atom. The minimum Gasteiger partial charge on any atom is -0.305 e. The van der Waals surface area contributed by atoms with Crippen LogP contribution in [0.25, 0.3) is 120 Å². The van der Waals surface area contributed by atoms with E-state index in [1.165, 1.54) is 0 Å². The van der Waals surface area contributed by atoms with E-state index >= 15 is 0 Å². The summed E-state index contributed by atoms with van der Waals surface area (Å²) in [6.07, 6.45) is 21.3. The van der Waals surface area contributed by atoms with Crippen LogP contribution in [0.1, 0.15) is 99.9 Å². The lowest BCUT2D eigenvalue weighted by Crippen LogP contribution is -2.20. The van der Waals surface area contributed by atoms with Gasteiger partial charge in [0, 0.05) is 125 Å². The molecule has 8 aromatic heterocycles. The van der Waals surface area contributed by atoms with Crippen LogP contribution in [-0.4, -0.2) is 39.9 Å². The van der Waals surface area contributed by atoms with Crippen LogP contribution in [0.15, 0.2) is 280 Å². The monoisotopic (exact) mass is 1500 g/mol. The van der Waals surface area contributed by atoms with Crippen LogP contribution in [0, 0.1) is 0 Å². The first kappa shape index (κ1) is 71.2. The van der Waals surface area contributed by atoms with Crippen LogP contribution < -0.4 is 19.6 Å². The molecule has 0 saturated heterocycles. The molecule has 116 heavy (non-hydrogen) atoms. The Morgan fingerprint density at radius 3 is 0.466 bits per heavy atom. The molecule has 0 unspecified atom stereocenters. The molecule has 0 saturated carbocycles. The van der Waals surface area contributed by atoms with Gasteiger partial charge in [-0.15, -0.1) is 0 Å². The van der Waals surface area contributed by atoms with Crippen molar-refractivity contribution in [2.75, 3.05) is 19.6 Å². The molecule has 562 valence electrons. The Hall–Kier alpha value is -13.8. The zero-order valence-electron chi connectivity index (χ0n) is 66.6. The van der Waals surface area contributed by atoms with E-state index in [9.17, 15) is 0 Å². The van der Waals surface area contributed by atoms with Gasteiger partial charge in [-0.1, -0.05) is 225 Å². The fourth-order valence-electron chi connectivity index (χ4n) is 18.7. The summed E-state index contributed by atoms with van der Waals surface area (Å²) in [4.78, 5) is 54.6. The van der Waals surface area contributed by atoms with E-state index in [1.54, 1.807) is 0 Å². The predicted octanol–water partition coefficient (Wildman–Crippen LogP) is 27.3. The number of hydrogen-bond acceptors (Lipinski definition) is 12. The SMILES string of the molecule is CCc1ccc2cccnc2c1N(c1cc(N(c2c(CC)ccc3cccnc23)c2c(CC)ccc3cccnc23)c2ccc3c(N(c4c(CC)ccc5cccnc45)c4c(CC)ccc5cccnc45)cc(N(c4c(CC)ccc5cccnc45)c4c(CC)ccc5cccnc45)c4ccc1c2c43)c1c(CC)ccc2cccnc12. The van der Waals surface area contributed by atoms with Crippen LogP contribution in [0.3, 0.4) is 0 Å². The summed E-state index contributed by atoms with van der Waals surface area (Å²) >= 11 is 0. The molecule has 8 heterocycles. The van der Waals surface area contributed by atoms with Crippen molar-refractivity contribution in [2.24, 2.45) is 0 Å². The summed E-state index contributed by atoms with van der Waals surface area (Å²) in [6, 6.07) is 85.5. The van der Waals surface area contributed by atoms with Crippen molar-refractivity contribution in [3.8, 4) is 0 Å². The van der Waals surface area contributed by atoms with Gasteiger partial charge in [0.05, 0.1) is 112 Å². The van der Waals surface area contributed by atoms with Crippen molar-refractivity contribution in [3.05, 3.63) is 325 Å². The third-order valence-corrected chi connectivity index (χ3v) is 24.3. The number of anilines is 12. The molecule has 0 atom stereocenters. The molecular weight excluding hydrogens is 1420 g/mol. The molecule has 0 aliphatic carbocycles. The Labute approximate surface area is 674 Å². The predicted molar refractivity (Wildman–Crippen MR) is 486 cm³/mol.